The van der Waals surface area contributed by atoms with Gasteiger partial charge in [-0.3, -0.25) is 9.59 Å². The summed E-state index contributed by atoms with van der Waals surface area (Å²) in [6, 6.07) is 11.7. The third kappa shape index (κ3) is 4.05. The molecule has 4 rings (SSSR count). The summed E-state index contributed by atoms with van der Waals surface area (Å²) in [4.78, 5) is 29.4. The highest BCUT2D eigenvalue weighted by Gasteiger charge is 2.46. The molecule has 1 amide bonds. The number of carbonyl (C=O) groups excluding carboxylic acids is 2. The Labute approximate surface area is 186 Å². The Morgan fingerprint density at radius 3 is 2.71 bits per heavy atom. The van der Waals surface area contributed by atoms with Gasteiger partial charge in [0.05, 0.1) is 11.6 Å². The Bertz CT molecular complexity index is 1080. The number of ketones is 1. The number of benzene rings is 2. The number of carbonyl (C=O) groups is 2. The molecule has 0 spiro atoms. The molecule has 0 bridgehead atoms. The first-order valence-electron chi connectivity index (χ1n) is 10.2. The number of hydrogen-bond acceptors (Lipinski definition) is 5. The van der Waals surface area contributed by atoms with Crippen LogP contribution in [-0.4, -0.2) is 59.9 Å². The lowest BCUT2D eigenvalue weighted by Crippen LogP contribution is -2.35. The van der Waals surface area contributed by atoms with Crippen LogP contribution in [0.4, 0.5) is 0 Å². The van der Waals surface area contributed by atoms with Gasteiger partial charge in [0.25, 0.3) is 11.7 Å². The van der Waals surface area contributed by atoms with Gasteiger partial charge in [-0.15, -0.1) is 0 Å². The third-order valence-corrected chi connectivity index (χ3v) is 5.90. The van der Waals surface area contributed by atoms with Gasteiger partial charge in [0.15, 0.2) is 0 Å². The van der Waals surface area contributed by atoms with Crippen LogP contribution in [-0.2, 0) is 16.0 Å². The minimum absolute atomic E-state index is 0.0653. The Hall–Kier alpha value is -2.83. The van der Waals surface area contributed by atoms with Crippen LogP contribution in [0.2, 0.25) is 5.02 Å². The molecule has 1 saturated heterocycles. The largest absolute Gasteiger partial charge is 0.507 e. The fourth-order valence-corrected chi connectivity index (χ4v) is 4.37. The summed E-state index contributed by atoms with van der Waals surface area (Å²) in [7, 11) is 3.80. The normalized spacial score (nSPS) is 22.2. The molecule has 2 atom stereocenters. The van der Waals surface area contributed by atoms with Crippen LogP contribution in [0.3, 0.4) is 0 Å². The van der Waals surface area contributed by atoms with Gasteiger partial charge >= 0.3 is 0 Å². The van der Waals surface area contributed by atoms with E-state index < -0.39 is 17.7 Å². The van der Waals surface area contributed by atoms with Crippen LogP contribution in [0.1, 0.15) is 29.7 Å². The topological polar surface area (TPSA) is 70.1 Å². The Balaban J connectivity index is 1.82. The molecule has 0 aliphatic carbocycles. The predicted octanol–water partition coefficient (Wildman–Crippen LogP) is 3.65. The predicted molar refractivity (Wildman–Crippen MR) is 119 cm³/mol. The summed E-state index contributed by atoms with van der Waals surface area (Å²) in [5.41, 5.74) is 2.23. The summed E-state index contributed by atoms with van der Waals surface area (Å²) in [5.74, 6) is -0.710. The number of rotatable bonds is 5. The number of halogens is 1. The van der Waals surface area contributed by atoms with E-state index in [1.807, 2.05) is 38.1 Å². The highest BCUT2D eigenvalue weighted by atomic mass is 35.5. The monoisotopic (exact) mass is 440 g/mol. The summed E-state index contributed by atoms with van der Waals surface area (Å²) in [6.45, 7) is 2.91. The zero-order chi connectivity index (χ0) is 22.3. The molecular weight excluding hydrogens is 416 g/mol. The van der Waals surface area contributed by atoms with Gasteiger partial charge in [-0.1, -0.05) is 23.7 Å². The van der Waals surface area contributed by atoms with Crippen molar-refractivity contribution in [2.45, 2.75) is 25.5 Å². The molecule has 6 nitrogen and oxygen atoms in total. The molecule has 0 radical (unpaired) electrons. The van der Waals surface area contributed by atoms with Gasteiger partial charge in [0.1, 0.15) is 17.6 Å². The number of hydrogen-bond donors (Lipinski definition) is 1. The zero-order valence-corrected chi connectivity index (χ0v) is 18.5. The van der Waals surface area contributed by atoms with Crippen LogP contribution < -0.4 is 4.74 Å². The summed E-state index contributed by atoms with van der Waals surface area (Å²) >= 11 is 6.20. The van der Waals surface area contributed by atoms with Gasteiger partial charge in [-0.25, -0.2) is 0 Å². The first kappa shape index (κ1) is 21.4. The van der Waals surface area contributed by atoms with Crippen LogP contribution in [0, 0.1) is 0 Å². The fourth-order valence-electron chi connectivity index (χ4n) is 4.17. The quantitative estimate of drug-likeness (QED) is 0.436. The van der Waals surface area contributed by atoms with Crippen molar-refractivity contribution in [1.29, 1.82) is 0 Å². The fraction of sp³-hybridized carbons (Fsp3) is 0.333. The van der Waals surface area contributed by atoms with E-state index in [4.69, 9.17) is 16.3 Å². The number of likely N-dealkylation sites (tertiary alicyclic amines) is 1. The van der Waals surface area contributed by atoms with Crippen molar-refractivity contribution in [3.8, 4) is 5.75 Å². The van der Waals surface area contributed by atoms with Crippen LogP contribution >= 0.6 is 11.6 Å². The highest BCUT2D eigenvalue weighted by Crippen LogP contribution is 2.41. The average Bonchev–Trinajstić information content (AvgIpc) is 3.22. The van der Waals surface area contributed by atoms with E-state index in [9.17, 15) is 14.7 Å². The van der Waals surface area contributed by atoms with Crippen LogP contribution in [0.5, 0.6) is 5.75 Å². The van der Waals surface area contributed by atoms with Crippen molar-refractivity contribution in [2.24, 2.45) is 0 Å². The molecule has 0 unspecified atom stereocenters. The van der Waals surface area contributed by atoms with Crippen molar-refractivity contribution in [2.75, 3.05) is 27.2 Å². The van der Waals surface area contributed by atoms with Crippen LogP contribution in [0.25, 0.3) is 5.76 Å². The lowest BCUT2D eigenvalue weighted by Gasteiger charge is -2.26. The number of amides is 1. The summed E-state index contributed by atoms with van der Waals surface area (Å²) < 4.78 is 5.73. The SMILES string of the molecule is C[C@H]1Cc2cc(C(O)=C3C(=O)C(=O)N(CCN(C)C)[C@H]3c3cccc(Cl)c3)ccc2O1. The first-order valence-corrected chi connectivity index (χ1v) is 10.6. The molecule has 7 heteroatoms. The van der Waals surface area contributed by atoms with Crippen molar-refractivity contribution in [3.05, 3.63) is 69.8 Å². The number of nitrogens with zero attached hydrogens (tertiary/aromatic N) is 2. The van der Waals surface area contributed by atoms with Crippen molar-refractivity contribution in [3.63, 3.8) is 0 Å². The summed E-state index contributed by atoms with van der Waals surface area (Å²) in [5, 5.41) is 11.7. The molecule has 2 aliphatic rings. The van der Waals surface area contributed by atoms with E-state index in [2.05, 4.69) is 0 Å². The van der Waals surface area contributed by atoms with Gasteiger partial charge in [0, 0.05) is 30.1 Å². The van der Waals surface area contributed by atoms with Gasteiger partial charge in [-0.05, 0) is 62.5 Å². The van der Waals surface area contributed by atoms with Crippen molar-refractivity contribution >= 4 is 29.1 Å². The Kier molecular flexibility index (Phi) is 5.77. The van der Waals surface area contributed by atoms with Gasteiger partial charge in [-0.2, -0.15) is 0 Å². The molecular formula is C24H25ClN2O4. The van der Waals surface area contributed by atoms with E-state index in [1.165, 1.54) is 4.90 Å². The lowest BCUT2D eigenvalue weighted by atomic mass is 9.94. The van der Waals surface area contributed by atoms with Crippen molar-refractivity contribution < 1.29 is 19.4 Å². The molecule has 2 aliphatic heterocycles. The Morgan fingerprint density at radius 1 is 1.23 bits per heavy atom. The second kappa shape index (κ2) is 8.36. The molecule has 0 aromatic heterocycles. The smallest absolute Gasteiger partial charge is 0.295 e. The molecule has 0 saturated carbocycles. The number of likely N-dealkylation sites (N-methyl/N-ethyl adjacent to an activating group) is 1. The van der Waals surface area contributed by atoms with E-state index in [0.717, 1.165) is 17.7 Å². The maximum Gasteiger partial charge on any atom is 0.295 e. The molecule has 2 aromatic rings. The number of ether oxygens (including phenoxy) is 1. The maximum absolute atomic E-state index is 13.0. The zero-order valence-electron chi connectivity index (χ0n) is 17.8. The van der Waals surface area contributed by atoms with Gasteiger partial charge in [0.2, 0.25) is 0 Å². The standard InChI is InChI=1S/C24H25ClN2O4/c1-14-11-17-12-16(7-8-19(17)31-14)22(28)20-21(15-5-4-6-18(25)13-15)27(10-9-26(2)3)24(30)23(20)29/h4-8,12-14,21,28H,9-11H2,1-3H3/t14-,21-/m0/s1. The number of fused-ring (bicyclic) bond motifs is 1. The first-order chi connectivity index (χ1) is 14.8. The molecule has 2 heterocycles. The van der Waals surface area contributed by atoms with Gasteiger partial charge < -0.3 is 19.6 Å². The maximum atomic E-state index is 13.0. The van der Waals surface area contributed by atoms with Crippen LogP contribution in [0.15, 0.2) is 48.0 Å². The molecule has 1 N–H and O–H groups in total. The lowest BCUT2D eigenvalue weighted by molar-refractivity contribution is -0.140. The minimum Gasteiger partial charge on any atom is -0.507 e. The molecule has 2 aromatic carbocycles. The molecule has 1 fully saturated rings. The van der Waals surface area contributed by atoms with E-state index >= 15 is 0 Å². The van der Waals surface area contributed by atoms with E-state index in [-0.39, 0.29) is 17.4 Å². The highest BCUT2D eigenvalue weighted by molar-refractivity contribution is 6.46. The third-order valence-electron chi connectivity index (χ3n) is 5.66. The second-order valence-corrected chi connectivity index (χ2v) is 8.74. The number of Topliss-reactive ketones (excluding diaryl/α,β-unsaturated/α-hetero) is 1. The molecule has 162 valence electrons. The average molecular weight is 441 g/mol. The van der Waals surface area contributed by atoms with E-state index in [0.29, 0.717) is 29.2 Å². The minimum atomic E-state index is -0.706. The second-order valence-electron chi connectivity index (χ2n) is 8.31. The number of aliphatic hydroxyl groups is 1. The van der Waals surface area contributed by atoms with Crippen molar-refractivity contribution in [1.82, 2.24) is 9.80 Å². The summed E-state index contributed by atoms with van der Waals surface area (Å²) in [6.07, 6.45) is 0.793. The number of aliphatic hydroxyl groups excluding tert-OH is 1. The van der Waals surface area contributed by atoms with E-state index in [1.54, 1.807) is 30.3 Å². The Morgan fingerprint density at radius 2 is 2.00 bits per heavy atom. The molecule has 31 heavy (non-hydrogen) atoms.